The van der Waals surface area contributed by atoms with Gasteiger partial charge in [0.1, 0.15) is 5.82 Å². The number of aromatic nitrogens is 2. The summed E-state index contributed by atoms with van der Waals surface area (Å²) in [6, 6.07) is 20.2. The van der Waals surface area contributed by atoms with Crippen molar-refractivity contribution in [3.63, 3.8) is 0 Å². The molecule has 122 valence electrons. The predicted octanol–water partition coefficient (Wildman–Crippen LogP) is 5.45. The molecule has 0 aliphatic carbocycles. The van der Waals surface area contributed by atoms with Crippen LogP contribution in [-0.4, -0.2) is 16.5 Å². The van der Waals surface area contributed by atoms with E-state index < -0.39 is 0 Å². The number of rotatable bonds is 5. The van der Waals surface area contributed by atoms with Crippen LogP contribution in [0.15, 0.2) is 65.1 Å². The third-order valence-corrected chi connectivity index (χ3v) is 4.08. The van der Waals surface area contributed by atoms with Crippen LogP contribution in [0.2, 0.25) is 0 Å². The van der Waals surface area contributed by atoms with Gasteiger partial charge in [-0.3, -0.25) is 0 Å². The molecule has 0 radical (unpaired) electrons. The van der Waals surface area contributed by atoms with Crippen molar-refractivity contribution in [2.24, 2.45) is 0 Å². The molecule has 0 aliphatic heterocycles. The molecule has 3 aromatic rings. The molecule has 24 heavy (non-hydrogen) atoms. The van der Waals surface area contributed by atoms with Crippen molar-refractivity contribution in [1.82, 2.24) is 9.97 Å². The number of aryl methyl sites for hydroxylation is 1. The number of nitrogens with one attached hydrogen (secondary N) is 1. The Morgan fingerprint density at radius 1 is 1.00 bits per heavy atom. The highest BCUT2D eigenvalue weighted by Gasteiger charge is 2.11. The normalized spacial score (nSPS) is 10.5. The van der Waals surface area contributed by atoms with Crippen LogP contribution in [0.5, 0.6) is 0 Å². The Hall–Kier alpha value is -2.40. The summed E-state index contributed by atoms with van der Waals surface area (Å²) in [5.74, 6) is 1.48. The van der Waals surface area contributed by atoms with E-state index in [1.54, 1.807) is 0 Å². The Balaban J connectivity index is 1.93. The number of para-hydroxylation sites is 1. The first-order valence-corrected chi connectivity index (χ1v) is 8.66. The number of halogens is 1. The molecule has 1 aromatic heterocycles. The second kappa shape index (κ2) is 7.45. The van der Waals surface area contributed by atoms with Gasteiger partial charge in [-0.2, -0.15) is 4.98 Å². The van der Waals surface area contributed by atoms with Gasteiger partial charge >= 0.3 is 0 Å². The van der Waals surface area contributed by atoms with Gasteiger partial charge in [-0.05, 0) is 44.2 Å². The lowest BCUT2D eigenvalue weighted by atomic mass is 10.2. The minimum Gasteiger partial charge on any atom is -0.326 e. The van der Waals surface area contributed by atoms with Crippen molar-refractivity contribution in [1.29, 1.82) is 0 Å². The van der Waals surface area contributed by atoms with Crippen LogP contribution in [0.4, 0.5) is 23.1 Å². The van der Waals surface area contributed by atoms with E-state index in [0.717, 1.165) is 33.9 Å². The topological polar surface area (TPSA) is 41.1 Å². The number of anilines is 4. The van der Waals surface area contributed by atoms with E-state index in [9.17, 15) is 0 Å². The summed E-state index contributed by atoms with van der Waals surface area (Å²) in [6.45, 7) is 4.93. The van der Waals surface area contributed by atoms with E-state index in [1.165, 1.54) is 0 Å². The van der Waals surface area contributed by atoms with E-state index in [4.69, 9.17) is 4.98 Å². The van der Waals surface area contributed by atoms with E-state index in [-0.39, 0.29) is 0 Å². The van der Waals surface area contributed by atoms with Gasteiger partial charge in [-0.15, -0.1) is 0 Å². The lowest BCUT2D eigenvalue weighted by Crippen LogP contribution is -2.18. The fourth-order valence-electron chi connectivity index (χ4n) is 2.53. The second-order valence-corrected chi connectivity index (χ2v) is 6.32. The SMILES string of the molecule is CCN(c1ccccc1)c1cc(C)nc(Nc2cccc(Br)c2)n1. The molecule has 0 unspecified atom stereocenters. The number of hydrogen-bond acceptors (Lipinski definition) is 4. The van der Waals surface area contributed by atoms with E-state index >= 15 is 0 Å². The zero-order chi connectivity index (χ0) is 16.9. The van der Waals surface area contributed by atoms with Crippen LogP contribution in [0.1, 0.15) is 12.6 Å². The average molecular weight is 383 g/mol. The average Bonchev–Trinajstić information content (AvgIpc) is 2.56. The van der Waals surface area contributed by atoms with Gasteiger partial charge in [0.05, 0.1) is 0 Å². The van der Waals surface area contributed by atoms with Crippen LogP contribution in [0.3, 0.4) is 0 Å². The van der Waals surface area contributed by atoms with Crippen molar-refractivity contribution in [3.8, 4) is 0 Å². The molecule has 1 N–H and O–H groups in total. The Kier molecular flexibility index (Phi) is 5.11. The van der Waals surface area contributed by atoms with Gasteiger partial charge in [0.2, 0.25) is 5.95 Å². The van der Waals surface area contributed by atoms with Crippen molar-refractivity contribution >= 4 is 39.1 Å². The smallest absolute Gasteiger partial charge is 0.229 e. The second-order valence-electron chi connectivity index (χ2n) is 5.41. The number of benzene rings is 2. The number of hydrogen-bond donors (Lipinski definition) is 1. The highest BCUT2D eigenvalue weighted by molar-refractivity contribution is 9.10. The molecule has 2 aromatic carbocycles. The fraction of sp³-hybridized carbons (Fsp3) is 0.158. The summed E-state index contributed by atoms with van der Waals surface area (Å²) in [7, 11) is 0. The Morgan fingerprint density at radius 2 is 1.79 bits per heavy atom. The molecule has 0 atom stereocenters. The molecule has 5 heteroatoms. The monoisotopic (exact) mass is 382 g/mol. The molecular formula is C19H19BrN4. The van der Waals surface area contributed by atoms with Crippen LogP contribution >= 0.6 is 15.9 Å². The molecule has 4 nitrogen and oxygen atoms in total. The van der Waals surface area contributed by atoms with Gasteiger partial charge in [0, 0.05) is 34.2 Å². The zero-order valence-electron chi connectivity index (χ0n) is 13.7. The van der Waals surface area contributed by atoms with Gasteiger partial charge in [-0.25, -0.2) is 4.98 Å². The zero-order valence-corrected chi connectivity index (χ0v) is 15.3. The van der Waals surface area contributed by atoms with Gasteiger partial charge in [-0.1, -0.05) is 40.2 Å². The first-order valence-electron chi connectivity index (χ1n) is 7.86. The van der Waals surface area contributed by atoms with Crippen LogP contribution in [0, 0.1) is 6.92 Å². The Bertz CT molecular complexity index is 821. The molecule has 0 aliphatic rings. The van der Waals surface area contributed by atoms with Crippen molar-refractivity contribution in [2.75, 3.05) is 16.8 Å². The Labute approximate surface area is 150 Å². The minimum absolute atomic E-state index is 0.595. The van der Waals surface area contributed by atoms with Crippen molar-refractivity contribution in [3.05, 3.63) is 70.8 Å². The minimum atomic E-state index is 0.595. The predicted molar refractivity (Wildman–Crippen MR) is 103 cm³/mol. The Morgan fingerprint density at radius 3 is 2.50 bits per heavy atom. The molecular weight excluding hydrogens is 364 g/mol. The third-order valence-electron chi connectivity index (χ3n) is 3.58. The molecule has 3 rings (SSSR count). The van der Waals surface area contributed by atoms with E-state index in [0.29, 0.717) is 5.95 Å². The molecule has 0 amide bonds. The summed E-state index contributed by atoms with van der Waals surface area (Å²) in [4.78, 5) is 11.4. The third kappa shape index (κ3) is 3.92. The van der Waals surface area contributed by atoms with Gasteiger partial charge in [0.15, 0.2) is 0 Å². The fourth-order valence-corrected chi connectivity index (χ4v) is 2.93. The summed E-state index contributed by atoms with van der Waals surface area (Å²) < 4.78 is 1.01. The first-order chi connectivity index (χ1) is 11.7. The maximum atomic E-state index is 4.69. The van der Waals surface area contributed by atoms with E-state index in [2.05, 4.69) is 50.2 Å². The van der Waals surface area contributed by atoms with Crippen molar-refractivity contribution < 1.29 is 0 Å². The van der Waals surface area contributed by atoms with Gasteiger partial charge in [0.25, 0.3) is 0 Å². The molecule has 1 heterocycles. The first kappa shape index (κ1) is 16.5. The van der Waals surface area contributed by atoms with E-state index in [1.807, 2.05) is 55.5 Å². The van der Waals surface area contributed by atoms with Gasteiger partial charge < -0.3 is 10.2 Å². The largest absolute Gasteiger partial charge is 0.326 e. The van der Waals surface area contributed by atoms with Crippen LogP contribution in [-0.2, 0) is 0 Å². The molecule has 0 saturated heterocycles. The maximum Gasteiger partial charge on any atom is 0.229 e. The lowest BCUT2D eigenvalue weighted by molar-refractivity contribution is 0.969. The lowest BCUT2D eigenvalue weighted by Gasteiger charge is -2.23. The summed E-state index contributed by atoms with van der Waals surface area (Å²) >= 11 is 3.48. The highest BCUT2D eigenvalue weighted by Crippen LogP contribution is 2.25. The number of nitrogens with zero attached hydrogens (tertiary/aromatic N) is 3. The van der Waals surface area contributed by atoms with Crippen LogP contribution in [0.25, 0.3) is 0 Å². The molecule has 0 bridgehead atoms. The summed E-state index contributed by atoms with van der Waals surface area (Å²) in [6.07, 6.45) is 0. The maximum absolute atomic E-state index is 4.69. The summed E-state index contributed by atoms with van der Waals surface area (Å²) in [5.41, 5.74) is 2.99. The highest BCUT2D eigenvalue weighted by atomic mass is 79.9. The quantitative estimate of drug-likeness (QED) is 0.636. The van der Waals surface area contributed by atoms with Crippen LogP contribution < -0.4 is 10.2 Å². The molecule has 0 saturated carbocycles. The summed E-state index contributed by atoms with van der Waals surface area (Å²) in [5, 5.41) is 3.28. The standard InChI is InChI=1S/C19H19BrN4/c1-3-24(17-10-5-4-6-11-17)18-12-14(2)21-19(23-18)22-16-9-7-8-15(20)13-16/h4-13H,3H2,1-2H3,(H,21,22,23). The molecule has 0 fully saturated rings. The molecule has 0 spiro atoms. The van der Waals surface area contributed by atoms with Crippen molar-refractivity contribution in [2.45, 2.75) is 13.8 Å².